The van der Waals surface area contributed by atoms with Gasteiger partial charge in [0.1, 0.15) is 0 Å². The molecule has 0 aliphatic rings. The van der Waals surface area contributed by atoms with Crippen molar-refractivity contribution in [1.29, 1.82) is 0 Å². The molecule has 0 aliphatic carbocycles. The maximum atomic E-state index is 12.7. The molecule has 0 radical (unpaired) electrons. The Balaban J connectivity index is 2.19. The molecule has 0 unspecified atom stereocenters. The minimum absolute atomic E-state index is 0.117. The Morgan fingerprint density at radius 1 is 1.00 bits per heavy atom. The van der Waals surface area contributed by atoms with Crippen molar-refractivity contribution < 1.29 is 5.11 Å². The number of aliphatic hydroxyl groups is 1. The van der Waals surface area contributed by atoms with Gasteiger partial charge in [0.15, 0.2) is 0 Å². The van der Waals surface area contributed by atoms with Gasteiger partial charge in [-0.15, -0.1) is 0 Å². The van der Waals surface area contributed by atoms with Crippen molar-refractivity contribution in [2.75, 3.05) is 6.61 Å². The number of aliphatic hydroxyl groups excluding tert-OH is 1. The molecule has 3 aromatic heterocycles. The molecular formula is C18H21N3O3. The van der Waals surface area contributed by atoms with Gasteiger partial charge in [-0.1, -0.05) is 13.8 Å². The van der Waals surface area contributed by atoms with Crippen molar-refractivity contribution in [2.24, 2.45) is 5.92 Å². The van der Waals surface area contributed by atoms with Gasteiger partial charge in [-0.3, -0.25) is 9.59 Å². The number of rotatable bonds is 5. The highest BCUT2D eigenvalue weighted by atomic mass is 16.3. The number of hydrogen-bond donors (Lipinski definition) is 1. The van der Waals surface area contributed by atoms with E-state index in [0.29, 0.717) is 34.3 Å². The Bertz CT molecular complexity index is 1000. The molecule has 6 nitrogen and oxygen atoms in total. The summed E-state index contributed by atoms with van der Waals surface area (Å²) in [5.41, 5.74) is 0.779. The number of hydrogen-bond acceptors (Lipinski definition) is 4. The van der Waals surface area contributed by atoms with Gasteiger partial charge in [0.05, 0.1) is 28.4 Å². The van der Waals surface area contributed by atoms with Gasteiger partial charge in [-0.25, -0.2) is 4.98 Å². The summed E-state index contributed by atoms with van der Waals surface area (Å²) in [6.07, 6.45) is 4.29. The molecule has 3 aromatic rings. The molecule has 0 fully saturated rings. The summed E-state index contributed by atoms with van der Waals surface area (Å²) in [6, 6.07) is 5.17. The second-order valence-electron chi connectivity index (χ2n) is 6.39. The van der Waals surface area contributed by atoms with E-state index in [9.17, 15) is 9.59 Å². The van der Waals surface area contributed by atoms with Crippen LogP contribution < -0.4 is 11.1 Å². The lowest BCUT2D eigenvalue weighted by Crippen LogP contribution is -2.23. The molecule has 3 rings (SSSR count). The van der Waals surface area contributed by atoms with Crippen molar-refractivity contribution in [2.45, 2.75) is 33.4 Å². The predicted octanol–water partition coefficient (Wildman–Crippen LogP) is 1.75. The van der Waals surface area contributed by atoms with Crippen LogP contribution in [0.3, 0.4) is 0 Å². The molecule has 0 aliphatic heterocycles. The highest BCUT2D eigenvalue weighted by molar-refractivity contribution is 5.91. The Kier molecular flexibility index (Phi) is 4.49. The first-order valence-corrected chi connectivity index (χ1v) is 8.15. The van der Waals surface area contributed by atoms with Gasteiger partial charge >= 0.3 is 0 Å². The van der Waals surface area contributed by atoms with E-state index in [1.54, 1.807) is 29.1 Å². The number of fused-ring (bicyclic) bond motifs is 2. The van der Waals surface area contributed by atoms with Gasteiger partial charge in [0.2, 0.25) is 0 Å². The molecule has 126 valence electrons. The van der Waals surface area contributed by atoms with Crippen molar-refractivity contribution in [3.8, 4) is 0 Å². The third-order valence-corrected chi connectivity index (χ3v) is 4.18. The molecule has 0 saturated carbocycles. The zero-order valence-electron chi connectivity index (χ0n) is 13.9. The molecule has 0 bridgehead atoms. The largest absolute Gasteiger partial charge is 0.395 e. The Hall–Kier alpha value is -2.47. The van der Waals surface area contributed by atoms with Crippen molar-refractivity contribution in [3.05, 3.63) is 51.3 Å². The average Bonchev–Trinajstić information content (AvgIpc) is 2.56. The zero-order chi connectivity index (χ0) is 17.3. The fraction of sp³-hybridized carbons (Fsp3) is 0.389. The van der Waals surface area contributed by atoms with Crippen molar-refractivity contribution >= 4 is 21.8 Å². The van der Waals surface area contributed by atoms with Crippen LogP contribution in [0.1, 0.15) is 20.3 Å². The first kappa shape index (κ1) is 16.4. The van der Waals surface area contributed by atoms with Crippen LogP contribution in [-0.2, 0) is 13.1 Å². The van der Waals surface area contributed by atoms with Gasteiger partial charge in [0.25, 0.3) is 11.1 Å². The molecule has 0 atom stereocenters. The Labute approximate surface area is 139 Å². The average molecular weight is 327 g/mol. The van der Waals surface area contributed by atoms with E-state index in [1.165, 1.54) is 4.57 Å². The fourth-order valence-corrected chi connectivity index (χ4v) is 2.76. The van der Waals surface area contributed by atoms with E-state index in [4.69, 9.17) is 5.11 Å². The molecule has 3 heterocycles. The summed E-state index contributed by atoms with van der Waals surface area (Å²) < 4.78 is 3.10. The quantitative estimate of drug-likeness (QED) is 0.724. The lowest BCUT2D eigenvalue weighted by Gasteiger charge is -2.10. The van der Waals surface area contributed by atoms with E-state index in [2.05, 4.69) is 18.8 Å². The molecule has 0 spiro atoms. The maximum absolute atomic E-state index is 12.7. The number of pyridine rings is 3. The summed E-state index contributed by atoms with van der Waals surface area (Å²) in [5.74, 6) is 0.507. The summed E-state index contributed by atoms with van der Waals surface area (Å²) >= 11 is 0. The highest BCUT2D eigenvalue weighted by Gasteiger charge is 2.10. The Morgan fingerprint density at radius 3 is 2.04 bits per heavy atom. The molecule has 0 amide bonds. The molecule has 0 saturated heterocycles. The second-order valence-corrected chi connectivity index (χ2v) is 6.39. The van der Waals surface area contributed by atoms with Crippen LogP contribution in [-0.4, -0.2) is 25.8 Å². The number of nitrogens with zero attached hydrogens (tertiary/aromatic N) is 3. The summed E-state index contributed by atoms with van der Waals surface area (Å²) in [4.78, 5) is 29.6. The minimum atomic E-state index is -0.243. The normalized spacial score (nSPS) is 11.7. The maximum Gasteiger partial charge on any atom is 0.260 e. The van der Waals surface area contributed by atoms with Crippen LogP contribution in [0.5, 0.6) is 0 Å². The fourth-order valence-electron chi connectivity index (χ4n) is 2.76. The standard InChI is InChI=1S/C18H21N3O3/c1-12(2)3-6-20-7-4-15-13(17(20)23)11-14-16(19-15)5-8-21(9-10-22)18(14)24/h4-5,7-8,11-12,22H,3,6,9-10H2,1-2H3. The summed E-state index contributed by atoms with van der Waals surface area (Å²) in [5, 5.41) is 9.90. The monoisotopic (exact) mass is 327 g/mol. The van der Waals surface area contributed by atoms with Crippen LogP contribution >= 0.6 is 0 Å². The molecule has 0 aromatic carbocycles. The Morgan fingerprint density at radius 2 is 1.54 bits per heavy atom. The van der Waals surface area contributed by atoms with Crippen LogP contribution in [0.15, 0.2) is 40.2 Å². The third kappa shape index (κ3) is 2.97. The van der Waals surface area contributed by atoms with E-state index in [-0.39, 0.29) is 24.3 Å². The minimum Gasteiger partial charge on any atom is -0.395 e. The topological polar surface area (TPSA) is 77.1 Å². The van der Waals surface area contributed by atoms with E-state index >= 15 is 0 Å². The van der Waals surface area contributed by atoms with Crippen molar-refractivity contribution in [1.82, 2.24) is 14.1 Å². The van der Waals surface area contributed by atoms with Crippen LogP contribution in [0.2, 0.25) is 0 Å². The smallest absolute Gasteiger partial charge is 0.260 e. The second kappa shape index (κ2) is 6.57. The van der Waals surface area contributed by atoms with Crippen LogP contribution in [0.4, 0.5) is 0 Å². The van der Waals surface area contributed by atoms with Gasteiger partial charge in [-0.2, -0.15) is 0 Å². The third-order valence-electron chi connectivity index (χ3n) is 4.18. The number of aryl methyl sites for hydroxylation is 1. The van der Waals surface area contributed by atoms with Gasteiger partial charge < -0.3 is 14.2 Å². The SMILES string of the molecule is CC(C)CCn1ccc2nc3ccn(CCO)c(=O)c3cc2c1=O. The first-order valence-electron chi connectivity index (χ1n) is 8.15. The van der Waals surface area contributed by atoms with E-state index in [0.717, 1.165) is 6.42 Å². The molecule has 1 N–H and O–H groups in total. The number of aromatic nitrogens is 3. The van der Waals surface area contributed by atoms with Crippen molar-refractivity contribution in [3.63, 3.8) is 0 Å². The predicted molar refractivity (Wildman–Crippen MR) is 94.3 cm³/mol. The van der Waals surface area contributed by atoms with Gasteiger partial charge in [-0.05, 0) is 30.5 Å². The van der Waals surface area contributed by atoms with Crippen LogP contribution in [0, 0.1) is 5.92 Å². The van der Waals surface area contributed by atoms with E-state index in [1.807, 2.05) is 6.07 Å². The van der Waals surface area contributed by atoms with E-state index < -0.39 is 0 Å². The first-order chi connectivity index (χ1) is 11.5. The molecular weight excluding hydrogens is 306 g/mol. The zero-order valence-corrected chi connectivity index (χ0v) is 13.9. The summed E-state index contributed by atoms with van der Waals surface area (Å²) in [7, 11) is 0. The summed E-state index contributed by atoms with van der Waals surface area (Å²) in [6.45, 7) is 4.98. The van der Waals surface area contributed by atoms with Crippen LogP contribution in [0.25, 0.3) is 21.8 Å². The molecule has 24 heavy (non-hydrogen) atoms. The highest BCUT2D eigenvalue weighted by Crippen LogP contribution is 2.14. The van der Waals surface area contributed by atoms with Gasteiger partial charge in [0, 0.05) is 25.5 Å². The lowest BCUT2D eigenvalue weighted by molar-refractivity contribution is 0.274. The lowest BCUT2D eigenvalue weighted by atomic mass is 10.1. The molecule has 6 heteroatoms.